The third-order valence-corrected chi connectivity index (χ3v) is 8.35. The topological polar surface area (TPSA) is 247 Å². The molecule has 166 valence electrons. The summed E-state index contributed by atoms with van der Waals surface area (Å²) in [4.78, 5) is 62.0. The van der Waals surface area contributed by atoms with E-state index in [9.17, 15) is 33.3 Å². The molecule has 0 spiro atoms. The van der Waals surface area contributed by atoms with Crippen molar-refractivity contribution in [2.24, 2.45) is 0 Å². The molecule has 0 radical (unpaired) electrons. The minimum Gasteiger partial charge on any atom is -0.390 e. The number of phosphoric acid groups is 1. The molecule has 5 atom stereocenters. The standard InChI is InChI=1S/C9H15IN3O13P3/c10-4-2-13(9(16)11-8(4)15)7-1-5(14)6(25-7)3-24-27(17,18)12-28(19,20)26-29(21,22)23/h2,5-7,14H,1,3H2,(H,11,15,16)(H2,21,22,23)(H3,12,17,18,19,20)/t5-,6+,7+/m0/s1. The summed E-state index contributed by atoms with van der Waals surface area (Å²) in [7, 11) is -16.0. The lowest BCUT2D eigenvalue weighted by molar-refractivity contribution is -0.0427. The van der Waals surface area contributed by atoms with Crippen LogP contribution in [0.2, 0.25) is 0 Å². The number of aliphatic hydroxyl groups is 1. The Kier molecular flexibility index (Phi) is 7.83. The van der Waals surface area contributed by atoms with Crippen LogP contribution in [0.3, 0.4) is 0 Å². The van der Waals surface area contributed by atoms with Gasteiger partial charge < -0.3 is 29.4 Å². The van der Waals surface area contributed by atoms with Gasteiger partial charge in [-0.2, -0.15) is 4.31 Å². The monoisotopic (exact) mass is 593 g/mol. The van der Waals surface area contributed by atoms with Crippen LogP contribution in [0.25, 0.3) is 0 Å². The number of aliphatic hydroxyl groups excluding tert-OH is 1. The molecule has 20 heteroatoms. The van der Waals surface area contributed by atoms with E-state index in [1.165, 1.54) is 6.20 Å². The molecule has 0 saturated carbocycles. The normalized spacial score (nSPS) is 26.8. The van der Waals surface area contributed by atoms with Crippen molar-refractivity contribution in [3.8, 4) is 0 Å². The molecule has 1 saturated heterocycles. The third kappa shape index (κ3) is 7.43. The van der Waals surface area contributed by atoms with Crippen LogP contribution in [0, 0.1) is 3.57 Å². The number of hydrogen-bond donors (Lipinski definition) is 7. The molecule has 0 bridgehead atoms. The fraction of sp³-hybridized carbons (Fsp3) is 0.556. The van der Waals surface area contributed by atoms with Gasteiger partial charge >= 0.3 is 29.0 Å². The van der Waals surface area contributed by atoms with E-state index in [1.807, 2.05) is 4.98 Å². The summed E-state index contributed by atoms with van der Waals surface area (Å²) in [6, 6.07) is 0. The van der Waals surface area contributed by atoms with E-state index in [0.29, 0.717) is 0 Å². The van der Waals surface area contributed by atoms with Gasteiger partial charge in [-0.1, -0.05) is 0 Å². The Hall–Kier alpha value is -0.260. The maximum Gasteiger partial charge on any atom is 0.477 e. The smallest absolute Gasteiger partial charge is 0.390 e. The number of ether oxygens (including phenoxy) is 1. The van der Waals surface area contributed by atoms with Crippen LogP contribution in [0.15, 0.2) is 15.8 Å². The molecule has 0 amide bonds. The van der Waals surface area contributed by atoms with Gasteiger partial charge in [0.2, 0.25) is 0 Å². The molecule has 0 aliphatic carbocycles. The largest absolute Gasteiger partial charge is 0.477 e. The van der Waals surface area contributed by atoms with E-state index in [4.69, 9.17) is 19.4 Å². The van der Waals surface area contributed by atoms with Gasteiger partial charge in [-0.05, 0) is 22.6 Å². The Morgan fingerprint density at radius 2 is 1.86 bits per heavy atom. The number of aromatic nitrogens is 2. The van der Waals surface area contributed by atoms with Crippen molar-refractivity contribution >= 4 is 45.9 Å². The molecule has 2 unspecified atom stereocenters. The molecule has 7 N–H and O–H groups in total. The lowest BCUT2D eigenvalue weighted by atomic mass is 10.2. The van der Waals surface area contributed by atoms with E-state index in [2.05, 4.69) is 8.83 Å². The van der Waals surface area contributed by atoms with Gasteiger partial charge in [-0.15, -0.1) is 4.86 Å². The molecule has 1 aromatic heterocycles. The van der Waals surface area contributed by atoms with Crippen molar-refractivity contribution in [1.82, 2.24) is 14.4 Å². The lowest BCUT2D eigenvalue weighted by Crippen LogP contribution is -2.33. The number of nitrogens with zero attached hydrogens (tertiary/aromatic N) is 1. The highest BCUT2D eigenvalue weighted by Gasteiger charge is 2.41. The number of nitrogens with one attached hydrogen (secondary N) is 2. The predicted octanol–water partition coefficient (Wildman–Crippen LogP) is -1.29. The molecule has 2 heterocycles. The van der Waals surface area contributed by atoms with E-state index < -0.39 is 59.6 Å². The minimum absolute atomic E-state index is 0.154. The third-order valence-electron chi connectivity index (χ3n) is 3.32. The van der Waals surface area contributed by atoms with Crippen molar-refractivity contribution in [3.63, 3.8) is 0 Å². The number of hydrogen-bond acceptors (Lipinski definition) is 9. The predicted molar refractivity (Wildman–Crippen MR) is 100 cm³/mol. The summed E-state index contributed by atoms with van der Waals surface area (Å²) in [6.45, 7) is -0.816. The van der Waals surface area contributed by atoms with E-state index in [0.717, 1.165) is 9.42 Å². The second kappa shape index (κ2) is 9.08. The SMILES string of the molecule is O=c1[nH]c(=O)n([C@H]2C[C@H](O)[C@@H](COP(=O)(O)NP(=O)(O)OP(=O)(O)O)O2)cc1I. The zero-order chi connectivity index (χ0) is 22.2. The molecule has 2 rings (SSSR count). The van der Waals surface area contributed by atoms with Gasteiger partial charge in [-0.3, -0.25) is 18.9 Å². The van der Waals surface area contributed by atoms with Crippen molar-refractivity contribution in [1.29, 1.82) is 0 Å². The summed E-state index contributed by atoms with van der Waals surface area (Å²) in [5.41, 5.74) is -1.44. The Labute approximate surface area is 174 Å². The Morgan fingerprint density at radius 1 is 1.24 bits per heavy atom. The lowest BCUT2D eigenvalue weighted by Gasteiger charge is -2.20. The van der Waals surface area contributed by atoms with Crippen LogP contribution in [-0.2, 0) is 27.3 Å². The van der Waals surface area contributed by atoms with Gasteiger partial charge in [0.1, 0.15) is 12.3 Å². The molecule has 1 fully saturated rings. The Balaban J connectivity index is 2.03. The first-order valence-electron chi connectivity index (χ1n) is 7.29. The summed E-state index contributed by atoms with van der Waals surface area (Å²) in [6.07, 6.45) is -2.57. The van der Waals surface area contributed by atoms with Crippen LogP contribution in [0.1, 0.15) is 12.6 Å². The van der Waals surface area contributed by atoms with E-state index in [-0.39, 0.29) is 9.99 Å². The fourth-order valence-corrected chi connectivity index (χ4v) is 6.16. The molecule has 16 nitrogen and oxygen atoms in total. The van der Waals surface area contributed by atoms with Gasteiger partial charge in [0.15, 0.2) is 0 Å². The highest BCUT2D eigenvalue weighted by Crippen LogP contribution is 2.60. The van der Waals surface area contributed by atoms with Crippen molar-refractivity contribution in [3.05, 3.63) is 30.6 Å². The summed E-state index contributed by atoms with van der Waals surface area (Å²) < 4.78 is 48.2. The van der Waals surface area contributed by atoms with Gasteiger partial charge in [0.05, 0.1) is 16.3 Å². The van der Waals surface area contributed by atoms with Crippen LogP contribution >= 0.6 is 45.9 Å². The maximum atomic E-state index is 11.9. The van der Waals surface area contributed by atoms with Crippen LogP contribution in [0.5, 0.6) is 0 Å². The first-order valence-corrected chi connectivity index (χ1v) is 13.1. The minimum atomic E-state index is -5.46. The molecule has 0 aromatic carbocycles. The van der Waals surface area contributed by atoms with Gasteiger partial charge in [-0.25, -0.2) is 18.5 Å². The van der Waals surface area contributed by atoms with E-state index >= 15 is 0 Å². The van der Waals surface area contributed by atoms with Crippen LogP contribution in [-0.4, -0.2) is 53.0 Å². The van der Waals surface area contributed by atoms with Gasteiger partial charge in [0.25, 0.3) is 5.56 Å². The second-order valence-corrected chi connectivity index (χ2v) is 11.5. The highest BCUT2D eigenvalue weighted by molar-refractivity contribution is 14.1. The second-order valence-electron chi connectivity index (χ2n) is 5.58. The highest BCUT2D eigenvalue weighted by atomic mass is 127. The average molecular weight is 593 g/mol. The molecule has 1 aromatic rings. The van der Waals surface area contributed by atoms with Crippen molar-refractivity contribution < 1.29 is 51.9 Å². The van der Waals surface area contributed by atoms with E-state index in [1.54, 1.807) is 22.6 Å². The Bertz CT molecular complexity index is 1020. The molecule has 29 heavy (non-hydrogen) atoms. The average Bonchev–Trinajstić information content (AvgIpc) is 2.86. The van der Waals surface area contributed by atoms with Crippen molar-refractivity contribution in [2.45, 2.75) is 24.9 Å². The first kappa shape index (κ1) is 25.0. The number of H-pyrrole nitrogens is 1. The summed E-state index contributed by atoms with van der Waals surface area (Å²) in [5.74, 6) is 0. The molecular weight excluding hydrogens is 578 g/mol. The maximum absolute atomic E-state index is 11.9. The zero-order valence-corrected chi connectivity index (χ0v) is 18.7. The van der Waals surface area contributed by atoms with Gasteiger partial charge in [0, 0.05) is 12.6 Å². The zero-order valence-electron chi connectivity index (χ0n) is 13.9. The summed E-state index contributed by atoms with van der Waals surface area (Å²) >= 11 is 1.67. The van der Waals surface area contributed by atoms with Crippen LogP contribution in [0.4, 0.5) is 0 Å². The molecular formula is C9H15IN3O13P3. The molecule has 1 aliphatic heterocycles. The van der Waals surface area contributed by atoms with Crippen molar-refractivity contribution in [2.75, 3.05) is 6.61 Å². The Morgan fingerprint density at radius 3 is 2.45 bits per heavy atom. The quantitative estimate of drug-likeness (QED) is 0.137. The summed E-state index contributed by atoms with van der Waals surface area (Å²) in [5, 5.41) is 10.00. The first-order chi connectivity index (χ1) is 13.1. The van der Waals surface area contributed by atoms with Crippen LogP contribution < -0.4 is 16.1 Å². The number of halogens is 1. The number of aromatic amines is 1. The molecule has 1 aliphatic rings. The fourth-order valence-electron chi connectivity index (χ4n) is 2.24. The number of rotatable bonds is 8.